The standard InChI is InChI=1S/C14H12ClN3OS/c1-7-8(2)20-14(11(7)6-16)18-13(19)10-5-9(15)3-4-12(10)17/h3-5H,17H2,1-2H3,(H,18,19). The number of nitrogens with zero attached hydrogens (tertiary/aromatic N) is 1. The number of nitriles is 1. The third-order valence-corrected chi connectivity index (χ3v) is 4.34. The van der Waals surface area contributed by atoms with Gasteiger partial charge in [-0.3, -0.25) is 4.79 Å². The molecule has 4 nitrogen and oxygen atoms in total. The summed E-state index contributed by atoms with van der Waals surface area (Å²) in [6.45, 7) is 3.76. The summed E-state index contributed by atoms with van der Waals surface area (Å²) in [5.74, 6) is -0.372. The van der Waals surface area contributed by atoms with Crippen LogP contribution in [0.15, 0.2) is 18.2 Å². The van der Waals surface area contributed by atoms with Crippen molar-refractivity contribution in [3.8, 4) is 6.07 Å². The van der Waals surface area contributed by atoms with Gasteiger partial charge in [0.25, 0.3) is 5.91 Å². The fraction of sp³-hybridized carbons (Fsp3) is 0.143. The van der Waals surface area contributed by atoms with Crippen LogP contribution in [0.25, 0.3) is 0 Å². The van der Waals surface area contributed by atoms with Gasteiger partial charge in [0.15, 0.2) is 0 Å². The quantitative estimate of drug-likeness (QED) is 0.830. The number of nitrogens with two attached hydrogens (primary N) is 1. The Morgan fingerprint density at radius 2 is 2.15 bits per heavy atom. The minimum atomic E-state index is -0.372. The molecule has 1 aromatic carbocycles. The summed E-state index contributed by atoms with van der Waals surface area (Å²) in [5.41, 5.74) is 7.78. The summed E-state index contributed by atoms with van der Waals surface area (Å²) >= 11 is 7.24. The summed E-state index contributed by atoms with van der Waals surface area (Å²) < 4.78 is 0. The number of amides is 1. The van der Waals surface area contributed by atoms with E-state index in [9.17, 15) is 4.79 Å². The van der Waals surface area contributed by atoms with E-state index in [2.05, 4.69) is 11.4 Å². The van der Waals surface area contributed by atoms with Gasteiger partial charge in [-0.05, 0) is 37.6 Å². The van der Waals surface area contributed by atoms with Crippen molar-refractivity contribution >= 4 is 39.5 Å². The number of hydrogen-bond acceptors (Lipinski definition) is 4. The van der Waals surface area contributed by atoms with Gasteiger partial charge in [0.05, 0.1) is 11.1 Å². The summed E-state index contributed by atoms with van der Waals surface area (Å²) in [5, 5.41) is 12.8. The molecule has 0 atom stereocenters. The van der Waals surface area contributed by atoms with Gasteiger partial charge in [-0.25, -0.2) is 0 Å². The van der Waals surface area contributed by atoms with Crippen LogP contribution in [0.1, 0.15) is 26.4 Å². The Kier molecular flexibility index (Phi) is 3.98. The van der Waals surface area contributed by atoms with E-state index in [0.717, 1.165) is 10.4 Å². The Balaban J connectivity index is 2.36. The van der Waals surface area contributed by atoms with E-state index in [1.165, 1.54) is 17.4 Å². The van der Waals surface area contributed by atoms with Gasteiger partial charge >= 0.3 is 0 Å². The zero-order chi connectivity index (χ0) is 14.9. The molecule has 0 fully saturated rings. The number of nitrogens with one attached hydrogen (secondary N) is 1. The number of nitrogen functional groups attached to an aromatic ring is 1. The molecule has 0 aliphatic heterocycles. The van der Waals surface area contributed by atoms with Crippen molar-refractivity contribution in [1.29, 1.82) is 5.26 Å². The third-order valence-electron chi connectivity index (χ3n) is 2.98. The van der Waals surface area contributed by atoms with E-state index in [-0.39, 0.29) is 5.91 Å². The molecule has 6 heteroatoms. The molecule has 1 amide bonds. The highest BCUT2D eigenvalue weighted by atomic mass is 35.5. The smallest absolute Gasteiger partial charge is 0.258 e. The van der Waals surface area contributed by atoms with Crippen LogP contribution in [0.2, 0.25) is 5.02 Å². The van der Waals surface area contributed by atoms with E-state index in [1.54, 1.807) is 12.1 Å². The lowest BCUT2D eigenvalue weighted by atomic mass is 10.1. The molecule has 0 saturated heterocycles. The van der Waals surface area contributed by atoms with Crippen LogP contribution < -0.4 is 11.1 Å². The molecule has 3 N–H and O–H groups in total. The van der Waals surface area contributed by atoms with Crippen LogP contribution >= 0.6 is 22.9 Å². The lowest BCUT2D eigenvalue weighted by molar-refractivity contribution is 0.102. The van der Waals surface area contributed by atoms with Gasteiger partial charge in [0, 0.05) is 15.6 Å². The first-order chi connectivity index (χ1) is 9.43. The van der Waals surface area contributed by atoms with Crippen LogP contribution in [-0.4, -0.2) is 5.91 Å². The van der Waals surface area contributed by atoms with Crippen LogP contribution in [0.3, 0.4) is 0 Å². The largest absolute Gasteiger partial charge is 0.398 e. The van der Waals surface area contributed by atoms with Gasteiger partial charge in [-0.2, -0.15) is 5.26 Å². The molecule has 0 saturated carbocycles. The van der Waals surface area contributed by atoms with E-state index >= 15 is 0 Å². The number of carbonyl (C=O) groups is 1. The second-order valence-electron chi connectivity index (χ2n) is 4.28. The SMILES string of the molecule is Cc1sc(NC(=O)c2cc(Cl)ccc2N)c(C#N)c1C. The van der Waals surface area contributed by atoms with Crippen LogP contribution in [0.5, 0.6) is 0 Å². The molecule has 1 heterocycles. The fourth-order valence-corrected chi connectivity index (χ4v) is 2.92. The molecule has 20 heavy (non-hydrogen) atoms. The molecule has 1 aromatic heterocycles. The third kappa shape index (κ3) is 2.62. The van der Waals surface area contributed by atoms with Crippen molar-refractivity contribution in [2.75, 3.05) is 11.1 Å². The molecule has 0 spiro atoms. The second kappa shape index (κ2) is 5.53. The molecule has 2 aromatic rings. The number of thiophene rings is 1. The molecule has 102 valence electrons. The first kappa shape index (κ1) is 14.4. The minimum absolute atomic E-state index is 0.296. The summed E-state index contributed by atoms with van der Waals surface area (Å²) in [6, 6.07) is 6.81. The van der Waals surface area contributed by atoms with Crippen molar-refractivity contribution in [3.63, 3.8) is 0 Å². The first-order valence-corrected chi connectivity index (χ1v) is 7.00. The van der Waals surface area contributed by atoms with Crippen LogP contribution in [0.4, 0.5) is 10.7 Å². The van der Waals surface area contributed by atoms with Crippen molar-refractivity contribution < 1.29 is 4.79 Å². The summed E-state index contributed by atoms with van der Waals surface area (Å²) in [6.07, 6.45) is 0. The van der Waals surface area contributed by atoms with Gasteiger partial charge in [-0.1, -0.05) is 11.6 Å². The Labute approximate surface area is 125 Å². The van der Waals surface area contributed by atoms with Gasteiger partial charge in [0.2, 0.25) is 0 Å². The highest BCUT2D eigenvalue weighted by Gasteiger charge is 2.17. The predicted molar refractivity (Wildman–Crippen MR) is 82.3 cm³/mol. The fourth-order valence-electron chi connectivity index (χ4n) is 1.75. The van der Waals surface area contributed by atoms with Crippen molar-refractivity contribution in [2.45, 2.75) is 13.8 Å². The van der Waals surface area contributed by atoms with Gasteiger partial charge in [0.1, 0.15) is 11.1 Å². The van der Waals surface area contributed by atoms with Crippen LogP contribution in [-0.2, 0) is 0 Å². The second-order valence-corrected chi connectivity index (χ2v) is 5.95. The zero-order valence-corrected chi connectivity index (χ0v) is 12.5. The molecule has 0 radical (unpaired) electrons. The number of benzene rings is 1. The number of anilines is 2. The summed E-state index contributed by atoms with van der Waals surface area (Å²) in [7, 11) is 0. The van der Waals surface area contributed by atoms with Gasteiger partial charge < -0.3 is 11.1 Å². The minimum Gasteiger partial charge on any atom is -0.398 e. The average Bonchev–Trinajstić information content (AvgIpc) is 2.67. The number of aryl methyl sites for hydroxylation is 1. The molecular weight excluding hydrogens is 294 g/mol. The first-order valence-electron chi connectivity index (χ1n) is 5.80. The topological polar surface area (TPSA) is 78.9 Å². The van der Waals surface area contributed by atoms with Crippen molar-refractivity contribution in [1.82, 2.24) is 0 Å². The zero-order valence-electron chi connectivity index (χ0n) is 11.0. The maximum atomic E-state index is 12.2. The average molecular weight is 306 g/mol. The van der Waals surface area contributed by atoms with Crippen molar-refractivity contribution in [3.05, 3.63) is 44.8 Å². The predicted octanol–water partition coefficient (Wildman–Crippen LogP) is 3.72. The van der Waals surface area contributed by atoms with E-state index < -0.39 is 0 Å². The Morgan fingerprint density at radius 1 is 1.45 bits per heavy atom. The van der Waals surface area contributed by atoms with Gasteiger partial charge in [-0.15, -0.1) is 11.3 Å². The Bertz CT molecular complexity index is 731. The van der Waals surface area contributed by atoms with Crippen molar-refractivity contribution in [2.24, 2.45) is 0 Å². The molecule has 0 unspecified atom stereocenters. The highest BCUT2D eigenvalue weighted by Crippen LogP contribution is 2.32. The van der Waals surface area contributed by atoms with E-state index in [4.69, 9.17) is 22.6 Å². The van der Waals surface area contributed by atoms with Crippen LogP contribution in [0, 0.1) is 25.2 Å². The normalized spacial score (nSPS) is 10.1. The highest BCUT2D eigenvalue weighted by molar-refractivity contribution is 7.16. The maximum absolute atomic E-state index is 12.2. The van der Waals surface area contributed by atoms with E-state index in [0.29, 0.717) is 26.8 Å². The molecule has 0 bridgehead atoms. The monoisotopic (exact) mass is 305 g/mol. The maximum Gasteiger partial charge on any atom is 0.258 e. The number of rotatable bonds is 2. The number of hydrogen-bond donors (Lipinski definition) is 2. The van der Waals surface area contributed by atoms with E-state index in [1.807, 2.05) is 13.8 Å². The lowest BCUT2D eigenvalue weighted by Crippen LogP contribution is -2.14. The molecular formula is C14H12ClN3OS. The molecule has 2 rings (SSSR count). The molecule has 0 aliphatic rings. The number of halogens is 1. The molecule has 0 aliphatic carbocycles. The Hall–Kier alpha value is -2.03. The summed E-state index contributed by atoms with van der Waals surface area (Å²) in [4.78, 5) is 13.2. The number of carbonyl (C=O) groups excluding carboxylic acids is 1. The lowest BCUT2D eigenvalue weighted by Gasteiger charge is -2.06. The Morgan fingerprint density at radius 3 is 2.80 bits per heavy atom.